The lowest BCUT2D eigenvalue weighted by molar-refractivity contribution is 1.06. The van der Waals surface area contributed by atoms with Crippen LogP contribution in [0.3, 0.4) is 0 Å². The molecule has 0 saturated heterocycles. The average molecular weight is 314 g/mol. The van der Waals surface area contributed by atoms with E-state index < -0.39 is 0 Å². The minimum Gasteiger partial charge on any atom is -0.383 e. The summed E-state index contributed by atoms with van der Waals surface area (Å²) in [7, 11) is 0. The molecule has 2 N–H and O–H groups in total. The predicted octanol–water partition coefficient (Wildman–Crippen LogP) is 3.88. The maximum Gasteiger partial charge on any atom is 0.137 e. The van der Waals surface area contributed by atoms with Crippen LogP contribution < -0.4 is 5.73 Å². The Labute approximate surface area is 131 Å². The second kappa shape index (κ2) is 5.83. The second-order valence-corrected chi connectivity index (χ2v) is 6.22. The molecule has 0 bridgehead atoms. The van der Waals surface area contributed by atoms with E-state index >= 15 is 0 Å². The molecule has 106 valence electrons. The van der Waals surface area contributed by atoms with E-state index in [0.717, 1.165) is 21.8 Å². The molecule has 3 aromatic rings. The number of aryl methyl sites for hydroxylation is 1. The second-order valence-electron chi connectivity index (χ2n) is 4.48. The van der Waals surface area contributed by atoms with Gasteiger partial charge < -0.3 is 5.73 Å². The Morgan fingerprint density at radius 1 is 1.14 bits per heavy atom. The van der Waals surface area contributed by atoms with Gasteiger partial charge in [-0.1, -0.05) is 12.1 Å². The highest BCUT2D eigenvalue weighted by Gasteiger charge is 2.11. The number of aromatic nitrogens is 3. The van der Waals surface area contributed by atoms with Gasteiger partial charge >= 0.3 is 0 Å². The third-order valence-electron chi connectivity index (χ3n) is 3.06. The fourth-order valence-electron chi connectivity index (χ4n) is 1.94. The van der Waals surface area contributed by atoms with Crippen LogP contribution in [0.25, 0.3) is 21.8 Å². The zero-order chi connectivity index (χ0) is 14.8. The maximum absolute atomic E-state index is 5.95. The number of thioether (sulfide) groups is 1. The topological polar surface area (TPSA) is 64.7 Å². The summed E-state index contributed by atoms with van der Waals surface area (Å²) in [5.41, 5.74) is 8.79. The van der Waals surface area contributed by atoms with Crippen LogP contribution in [0.15, 0.2) is 40.7 Å². The minimum atomic E-state index is 0.473. The summed E-state index contributed by atoms with van der Waals surface area (Å²) < 4.78 is 0. The highest BCUT2D eigenvalue weighted by atomic mass is 32.2. The molecule has 0 aliphatic carbocycles. The van der Waals surface area contributed by atoms with Crippen molar-refractivity contribution in [3.05, 3.63) is 41.7 Å². The Kier molecular flexibility index (Phi) is 3.90. The van der Waals surface area contributed by atoms with Crippen LogP contribution in [0, 0.1) is 6.92 Å². The normalized spacial score (nSPS) is 10.8. The van der Waals surface area contributed by atoms with Gasteiger partial charge in [0.15, 0.2) is 0 Å². The number of anilines is 1. The van der Waals surface area contributed by atoms with Gasteiger partial charge in [-0.3, -0.25) is 0 Å². The lowest BCUT2D eigenvalue weighted by atomic mass is 10.2. The molecular formula is C15H14N4S2. The van der Waals surface area contributed by atoms with E-state index in [4.69, 9.17) is 5.73 Å². The average Bonchev–Trinajstić information content (AvgIpc) is 2.97. The Bertz CT molecular complexity index is 766. The van der Waals surface area contributed by atoms with Crippen molar-refractivity contribution < 1.29 is 0 Å². The van der Waals surface area contributed by atoms with Crippen molar-refractivity contribution in [2.45, 2.75) is 11.8 Å². The SMILES string of the molecule is CSc1ccc(-c2csc(-c3cnc(C)nc3N)n2)cc1. The van der Waals surface area contributed by atoms with E-state index in [0.29, 0.717) is 11.6 Å². The number of nitrogens with two attached hydrogens (primary N) is 1. The minimum absolute atomic E-state index is 0.473. The molecule has 2 aromatic heterocycles. The maximum atomic E-state index is 5.95. The summed E-state index contributed by atoms with van der Waals surface area (Å²) in [6.07, 6.45) is 3.80. The first-order chi connectivity index (χ1) is 10.2. The van der Waals surface area contributed by atoms with Crippen LogP contribution in [-0.2, 0) is 0 Å². The number of hydrogen-bond acceptors (Lipinski definition) is 6. The Hall–Kier alpha value is -1.92. The van der Waals surface area contributed by atoms with Crippen LogP contribution >= 0.6 is 23.1 Å². The largest absolute Gasteiger partial charge is 0.383 e. The Morgan fingerprint density at radius 2 is 1.90 bits per heavy atom. The molecule has 3 rings (SSSR count). The van der Waals surface area contributed by atoms with Crippen LogP contribution in [0.1, 0.15) is 5.82 Å². The van der Waals surface area contributed by atoms with Crippen LogP contribution in [0.4, 0.5) is 5.82 Å². The first-order valence-electron chi connectivity index (χ1n) is 6.37. The highest BCUT2D eigenvalue weighted by molar-refractivity contribution is 7.98. The molecule has 0 atom stereocenters. The van der Waals surface area contributed by atoms with Gasteiger partial charge in [0.25, 0.3) is 0 Å². The standard InChI is InChI=1S/C15H14N4S2/c1-9-17-7-12(14(16)18-9)15-19-13(8-21-15)10-3-5-11(20-2)6-4-10/h3-8H,1-2H3,(H2,16,17,18). The van der Waals surface area contributed by atoms with Crippen molar-refractivity contribution in [1.29, 1.82) is 0 Å². The van der Waals surface area contributed by atoms with E-state index in [1.54, 1.807) is 29.3 Å². The Balaban J connectivity index is 1.95. The van der Waals surface area contributed by atoms with Gasteiger partial charge in [-0.05, 0) is 25.3 Å². The van der Waals surface area contributed by atoms with Crippen LogP contribution in [0.5, 0.6) is 0 Å². The van der Waals surface area contributed by atoms with Crippen LogP contribution in [-0.4, -0.2) is 21.2 Å². The van der Waals surface area contributed by atoms with E-state index in [9.17, 15) is 0 Å². The van der Waals surface area contributed by atoms with Gasteiger partial charge in [-0.25, -0.2) is 15.0 Å². The molecule has 1 aromatic carbocycles. The fraction of sp³-hybridized carbons (Fsp3) is 0.133. The summed E-state index contributed by atoms with van der Waals surface area (Å²) in [5.74, 6) is 1.14. The third-order valence-corrected chi connectivity index (χ3v) is 4.68. The lowest BCUT2D eigenvalue weighted by Gasteiger charge is -2.01. The number of nitrogens with zero attached hydrogens (tertiary/aromatic N) is 3. The first kappa shape index (κ1) is 14.0. The summed E-state index contributed by atoms with van der Waals surface area (Å²) in [6.45, 7) is 1.82. The number of nitrogen functional groups attached to an aromatic ring is 1. The van der Waals surface area contributed by atoms with Crippen molar-refractivity contribution in [1.82, 2.24) is 15.0 Å². The fourth-order valence-corrected chi connectivity index (χ4v) is 3.20. The molecule has 2 heterocycles. The summed E-state index contributed by atoms with van der Waals surface area (Å²) in [6, 6.07) is 8.37. The van der Waals surface area contributed by atoms with Gasteiger partial charge in [-0.15, -0.1) is 23.1 Å². The summed E-state index contributed by atoms with van der Waals surface area (Å²) in [4.78, 5) is 14.3. The van der Waals surface area contributed by atoms with E-state index in [2.05, 4.69) is 45.5 Å². The number of hydrogen-bond donors (Lipinski definition) is 1. The van der Waals surface area contributed by atoms with E-state index in [-0.39, 0.29) is 0 Å². The van der Waals surface area contributed by atoms with E-state index in [1.807, 2.05) is 12.3 Å². The zero-order valence-corrected chi connectivity index (χ0v) is 13.3. The summed E-state index contributed by atoms with van der Waals surface area (Å²) in [5, 5.41) is 2.87. The molecule has 0 aliphatic rings. The van der Waals surface area contributed by atoms with Gasteiger partial charge in [-0.2, -0.15) is 0 Å². The molecule has 0 spiro atoms. The number of thiazole rings is 1. The van der Waals surface area contributed by atoms with Crippen molar-refractivity contribution in [2.24, 2.45) is 0 Å². The molecule has 0 unspecified atom stereocenters. The molecule has 4 nitrogen and oxygen atoms in total. The molecular weight excluding hydrogens is 300 g/mol. The van der Waals surface area contributed by atoms with Gasteiger partial charge in [0.05, 0.1) is 11.3 Å². The van der Waals surface area contributed by atoms with Gasteiger partial charge in [0.1, 0.15) is 16.6 Å². The van der Waals surface area contributed by atoms with Crippen LogP contribution in [0.2, 0.25) is 0 Å². The molecule has 6 heteroatoms. The lowest BCUT2D eigenvalue weighted by Crippen LogP contribution is -1.98. The molecule has 0 aliphatic heterocycles. The molecule has 0 radical (unpaired) electrons. The zero-order valence-electron chi connectivity index (χ0n) is 11.7. The monoisotopic (exact) mass is 314 g/mol. The quantitative estimate of drug-likeness (QED) is 0.743. The number of rotatable bonds is 3. The predicted molar refractivity (Wildman–Crippen MR) is 89.5 cm³/mol. The van der Waals surface area contributed by atoms with Crippen molar-refractivity contribution in [2.75, 3.05) is 12.0 Å². The molecule has 0 saturated carbocycles. The Morgan fingerprint density at radius 3 is 2.57 bits per heavy atom. The van der Waals surface area contributed by atoms with Crippen molar-refractivity contribution in [3.63, 3.8) is 0 Å². The van der Waals surface area contributed by atoms with E-state index in [1.165, 1.54) is 4.90 Å². The third kappa shape index (κ3) is 2.91. The first-order valence-corrected chi connectivity index (χ1v) is 8.47. The summed E-state index contributed by atoms with van der Waals surface area (Å²) >= 11 is 3.28. The molecule has 0 fully saturated rings. The van der Waals surface area contributed by atoms with Crippen molar-refractivity contribution in [3.8, 4) is 21.8 Å². The number of benzene rings is 1. The van der Waals surface area contributed by atoms with Gasteiger partial charge in [0.2, 0.25) is 0 Å². The molecule has 0 amide bonds. The smallest absolute Gasteiger partial charge is 0.137 e. The highest BCUT2D eigenvalue weighted by Crippen LogP contribution is 2.31. The molecule has 21 heavy (non-hydrogen) atoms. The van der Waals surface area contributed by atoms with Crippen molar-refractivity contribution >= 4 is 28.9 Å². The van der Waals surface area contributed by atoms with Gasteiger partial charge in [0, 0.05) is 22.0 Å².